The summed E-state index contributed by atoms with van der Waals surface area (Å²) < 4.78 is 27.4. The number of piperidine rings is 1. The number of benzene rings is 1. The molecule has 0 aliphatic carbocycles. The van der Waals surface area contributed by atoms with Crippen molar-refractivity contribution in [2.24, 2.45) is 0 Å². The van der Waals surface area contributed by atoms with Crippen molar-refractivity contribution in [3.05, 3.63) is 30.1 Å². The van der Waals surface area contributed by atoms with Crippen molar-refractivity contribution in [1.82, 2.24) is 19.5 Å². The Balaban J connectivity index is 1.71. The molecule has 1 aromatic heterocycles. The highest BCUT2D eigenvalue weighted by atomic mass is 32.2. The quantitative estimate of drug-likeness (QED) is 0.725. The van der Waals surface area contributed by atoms with E-state index in [0.717, 1.165) is 19.3 Å². The smallest absolute Gasteiger partial charge is 0.243 e. The molecule has 0 atom stereocenters. The van der Waals surface area contributed by atoms with Crippen LogP contribution in [0.5, 0.6) is 0 Å². The number of rotatable bonds is 6. The molecule has 2 aromatic rings. The minimum Gasteiger partial charge on any atom is -0.325 e. The van der Waals surface area contributed by atoms with Crippen LogP contribution in [0.4, 0.5) is 5.69 Å². The number of hydrogen-bond donors (Lipinski definition) is 2. The Morgan fingerprint density at radius 3 is 2.77 bits per heavy atom. The van der Waals surface area contributed by atoms with Gasteiger partial charge < -0.3 is 5.32 Å². The lowest BCUT2D eigenvalue weighted by Crippen LogP contribution is -2.36. The molecule has 2 N–H and O–H groups in total. The summed E-state index contributed by atoms with van der Waals surface area (Å²) in [7, 11) is -3.55. The van der Waals surface area contributed by atoms with Crippen LogP contribution in [0.2, 0.25) is 0 Å². The van der Waals surface area contributed by atoms with E-state index in [9.17, 15) is 13.2 Å². The van der Waals surface area contributed by atoms with Gasteiger partial charge in [-0.1, -0.05) is 24.2 Å². The highest BCUT2D eigenvalue weighted by Gasteiger charge is 2.27. The average molecular weight is 396 g/mol. The number of carbonyl (C=O) groups excluding carboxylic acids is 1. The standard InChI is InChI=1S/C16H21N5O3S2/c1-12-5-6-13(19-15(22)10-25-16-17-11-18-20-16)9-14(12)26(23,24)21-7-3-2-4-8-21/h5-6,9,11H,2-4,7-8,10H2,1H3,(H,19,22)(H,17,18,20). The highest BCUT2D eigenvalue weighted by Crippen LogP contribution is 2.26. The fourth-order valence-electron chi connectivity index (χ4n) is 2.79. The monoisotopic (exact) mass is 395 g/mol. The molecule has 2 heterocycles. The molecular weight excluding hydrogens is 374 g/mol. The van der Waals surface area contributed by atoms with Gasteiger partial charge in [0.15, 0.2) is 5.16 Å². The van der Waals surface area contributed by atoms with Crippen molar-refractivity contribution >= 4 is 33.4 Å². The summed E-state index contributed by atoms with van der Waals surface area (Å²) in [5.74, 6) is -0.0892. The lowest BCUT2D eigenvalue weighted by Gasteiger charge is -2.26. The first-order valence-corrected chi connectivity index (χ1v) is 10.8. The van der Waals surface area contributed by atoms with Crippen molar-refractivity contribution in [2.75, 3.05) is 24.2 Å². The number of amides is 1. The molecule has 10 heteroatoms. The first kappa shape index (κ1) is 18.9. The molecule has 140 valence electrons. The second kappa shape index (κ2) is 8.19. The molecule has 0 spiro atoms. The number of carbonyl (C=O) groups is 1. The molecule has 1 aromatic carbocycles. The Kier molecular flexibility index (Phi) is 5.94. The zero-order chi connectivity index (χ0) is 18.6. The van der Waals surface area contributed by atoms with E-state index in [1.807, 2.05) is 0 Å². The van der Waals surface area contributed by atoms with Gasteiger partial charge in [0.1, 0.15) is 6.33 Å². The topological polar surface area (TPSA) is 108 Å². The van der Waals surface area contributed by atoms with E-state index in [-0.39, 0.29) is 16.6 Å². The van der Waals surface area contributed by atoms with Crippen LogP contribution < -0.4 is 5.32 Å². The first-order chi connectivity index (χ1) is 12.5. The summed E-state index contributed by atoms with van der Waals surface area (Å²) in [4.78, 5) is 16.3. The van der Waals surface area contributed by atoms with Crippen LogP contribution in [0, 0.1) is 6.92 Å². The molecule has 1 saturated heterocycles. The molecule has 8 nitrogen and oxygen atoms in total. The fraction of sp³-hybridized carbons (Fsp3) is 0.438. The van der Waals surface area contributed by atoms with Gasteiger partial charge in [-0.15, -0.1) is 0 Å². The van der Waals surface area contributed by atoms with Crippen molar-refractivity contribution in [1.29, 1.82) is 0 Å². The number of aryl methyl sites for hydroxylation is 1. The summed E-state index contributed by atoms with van der Waals surface area (Å²) >= 11 is 1.22. The molecule has 0 bridgehead atoms. The lowest BCUT2D eigenvalue weighted by molar-refractivity contribution is -0.113. The van der Waals surface area contributed by atoms with Gasteiger partial charge in [0.05, 0.1) is 10.6 Å². The van der Waals surface area contributed by atoms with Crippen LogP contribution in [0.1, 0.15) is 24.8 Å². The van der Waals surface area contributed by atoms with E-state index in [2.05, 4.69) is 20.5 Å². The van der Waals surface area contributed by atoms with Crippen LogP contribution in [0.3, 0.4) is 0 Å². The van der Waals surface area contributed by atoms with Gasteiger partial charge in [-0.3, -0.25) is 9.89 Å². The number of aromatic amines is 1. The van der Waals surface area contributed by atoms with E-state index in [0.29, 0.717) is 29.5 Å². The Hall–Kier alpha value is -1.91. The van der Waals surface area contributed by atoms with Gasteiger partial charge in [-0.2, -0.15) is 9.40 Å². The maximum Gasteiger partial charge on any atom is 0.243 e. The van der Waals surface area contributed by atoms with Gasteiger partial charge in [0.2, 0.25) is 15.9 Å². The van der Waals surface area contributed by atoms with Crippen molar-refractivity contribution in [3.8, 4) is 0 Å². The number of H-pyrrole nitrogens is 1. The molecular formula is C16H21N5O3S2. The third kappa shape index (κ3) is 4.43. The molecule has 0 saturated carbocycles. The summed E-state index contributed by atoms with van der Waals surface area (Å²) in [6.07, 6.45) is 4.20. The second-order valence-electron chi connectivity index (χ2n) is 6.07. The Morgan fingerprint density at radius 2 is 2.08 bits per heavy atom. The SMILES string of the molecule is Cc1ccc(NC(=O)CSc2ncn[nH]2)cc1S(=O)(=O)N1CCCCC1. The Morgan fingerprint density at radius 1 is 1.31 bits per heavy atom. The molecule has 1 fully saturated rings. The van der Waals surface area contributed by atoms with Gasteiger partial charge in [0, 0.05) is 18.8 Å². The zero-order valence-electron chi connectivity index (χ0n) is 14.4. The number of thioether (sulfide) groups is 1. The van der Waals surface area contributed by atoms with E-state index < -0.39 is 10.0 Å². The third-order valence-corrected chi connectivity index (χ3v) is 7.05. The van der Waals surface area contributed by atoms with E-state index in [1.54, 1.807) is 19.1 Å². The lowest BCUT2D eigenvalue weighted by atomic mass is 10.2. The summed E-state index contributed by atoms with van der Waals surface area (Å²) in [5, 5.41) is 9.68. The normalized spacial score (nSPS) is 15.7. The van der Waals surface area contributed by atoms with Crippen molar-refractivity contribution < 1.29 is 13.2 Å². The largest absolute Gasteiger partial charge is 0.325 e. The first-order valence-electron chi connectivity index (χ1n) is 8.35. The van der Waals surface area contributed by atoms with E-state index in [1.165, 1.54) is 28.5 Å². The van der Waals surface area contributed by atoms with Gasteiger partial charge in [-0.05, 0) is 37.5 Å². The van der Waals surface area contributed by atoms with Crippen LogP contribution >= 0.6 is 11.8 Å². The van der Waals surface area contributed by atoms with Gasteiger partial charge >= 0.3 is 0 Å². The molecule has 3 rings (SSSR count). The van der Waals surface area contributed by atoms with Crippen molar-refractivity contribution in [3.63, 3.8) is 0 Å². The van der Waals surface area contributed by atoms with Crippen LogP contribution in [0.25, 0.3) is 0 Å². The van der Waals surface area contributed by atoms with Crippen molar-refractivity contribution in [2.45, 2.75) is 36.2 Å². The zero-order valence-corrected chi connectivity index (χ0v) is 16.1. The Bertz CT molecular complexity index is 862. The average Bonchev–Trinajstić information content (AvgIpc) is 3.16. The maximum absolute atomic E-state index is 12.9. The van der Waals surface area contributed by atoms with Gasteiger partial charge in [-0.25, -0.2) is 13.4 Å². The molecule has 0 unspecified atom stereocenters. The van der Waals surface area contributed by atoms with Crippen LogP contribution in [-0.4, -0.2) is 52.7 Å². The molecule has 1 amide bonds. The summed E-state index contributed by atoms with van der Waals surface area (Å²) in [5.41, 5.74) is 1.14. The molecule has 1 aliphatic heterocycles. The van der Waals surface area contributed by atoms with Gasteiger partial charge in [0.25, 0.3) is 0 Å². The number of sulfonamides is 1. The highest BCUT2D eigenvalue weighted by molar-refractivity contribution is 7.99. The summed E-state index contributed by atoms with van der Waals surface area (Å²) in [6.45, 7) is 2.86. The minimum absolute atomic E-state index is 0.150. The third-order valence-electron chi connectivity index (χ3n) is 4.14. The van der Waals surface area contributed by atoms with E-state index >= 15 is 0 Å². The fourth-order valence-corrected chi connectivity index (χ4v) is 5.14. The second-order valence-corrected chi connectivity index (χ2v) is 8.94. The molecule has 26 heavy (non-hydrogen) atoms. The van der Waals surface area contributed by atoms with Crippen LogP contribution in [-0.2, 0) is 14.8 Å². The number of anilines is 1. The number of hydrogen-bond acceptors (Lipinski definition) is 6. The molecule has 0 radical (unpaired) electrons. The maximum atomic E-state index is 12.9. The Labute approximate surface area is 156 Å². The van der Waals surface area contributed by atoms with Crippen LogP contribution in [0.15, 0.2) is 34.6 Å². The number of aromatic nitrogens is 3. The minimum atomic E-state index is -3.55. The van der Waals surface area contributed by atoms with E-state index in [4.69, 9.17) is 0 Å². The number of nitrogens with zero attached hydrogens (tertiary/aromatic N) is 3. The predicted molar refractivity (Wildman–Crippen MR) is 99.5 cm³/mol. The predicted octanol–water partition coefficient (Wildman–Crippen LogP) is 2.02. The molecule has 1 aliphatic rings. The summed E-state index contributed by atoms with van der Waals surface area (Å²) in [6, 6.07) is 4.97. The number of nitrogens with one attached hydrogen (secondary N) is 2.